The van der Waals surface area contributed by atoms with Gasteiger partial charge < -0.3 is 15.3 Å². The molecule has 1 aliphatic rings. The van der Waals surface area contributed by atoms with Crippen molar-refractivity contribution in [2.75, 3.05) is 19.6 Å². The van der Waals surface area contributed by atoms with Crippen molar-refractivity contribution in [3.8, 4) is 0 Å². The summed E-state index contributed by atoms with van der Waals surface area (Å²) in [7, 11) is 0. The van der Waals surface area contributed by atoms with Crippen molar-refractivity contribution in [3.63, 3.8) is 0 Å². The molecule has 0 aromatic carbocycles. The van der Waals surface area contributed by atoms with E-state index in [-0.39, 0.29) is 12.5 Å². The molecule has 6 nitrogen and oxygen atoms in total. The van der Waals surface area contributed by atoms with Gasteiger partial charge in [0.25, 0.3) is 0 Å². The number of amides is 2. The standard InChI is InChI=1S/C8H10N2O4/c11-6-5-10(4-3-9-6)7(12)1-2-8(13)14/h1-2H,3-5H2,(H,9,11)(H,13,14)/b2-1-. The van der Waals surface area contributed by atoms with E-state index in [1.54, 1.807) is 0 Å². The summed E-state index contributed by atoms with van der Waals surface area (Å²) in [6.07, 6.45) is 1.70. The van der Waals surface area contributed by atoms with E-state index in [4.69, 9.17) is 5.11 Å². The van der Waals surface area contributed by atoms with Crippen LogP contribution < -0.4 is 5.32 Å². The van der Waals surface area contributed by atoms with Gasteiger partial charge >= 0.3 is 5.97 Å². The first-order valence-electron chi connectivity index (χ1n) is 4.06. The predicted octanol–water partition coefficient (Wildman–Crippen LogP) is -1.41. The van der Waals surface area contributed by atoms with Crippen molar-refractivity contribution in [3.05, 3.63) is 12.2 Å². The average molecular weight is 198 g/mol. The minimum atomic E-state index is -1.18. The van der Waals surface area contributed by atoms with E-state index in [1.165, 1.54) is 4.90 Å². The highest BCUT2D eigenvalue weighted by Crippen LogP contribution is 1.95. The van der Waals surface area contributed by atoms with Crippen molar-refractivity contribution in [1.29, 1.82) is 0 Å². The van der Waals surface area contributed by atoms with Crippen molar-refractivity contribution in [1.82, 2.24) is 10.2 Å². The molecule has 14 heavy (non-hydrogen) atoms. The maximum absolute atomic E-state index is 11.2. The second kappa shape index (κ2) is 4.40. The summed E-state index contributed by atoms with van der Waals surface area (Å²) in [6.45, 7) is 0.808. The molecular weight excluding hydrogens is 188 g/mol. The molecule has 1 fully saturated rings. The largest absolute Gasteiger partial charge is 0.478 e. The second-order valence-electron chi connectivity index (χ2n) is 2.78. The molecule has 0 aromatic rings. The zero-order valence-corrected chi connectivity index (χ0v) is 7.40. The van der Waals surface area contributed by atoms with E-state index in [0.29, 0.717) is 13.1 Å². The number of hydrogen-bond donors (Lipinski definition) is 2. The van der Waals surface area contributed by atoms with Gasteiger partial charge in [-0.15, -0.1) is 0 Å². The third-order valence-corrected chi connectivity index (χ3v) is 1.72. The van der Waals surface area contributed by atoms with Crippen LogP contribution in [0.5, 0.6) is 0 Å². The third-order valence-electron chi connectivity index (χ3n) is 1.72. The van der Waals surface area contributed by atoms with Gasteiger partial charge in [-0.1, -0.05) is 0 Å². The fraction of sp³-hybridized carbons (Fsp3) is 0.375. The van der Waals surface area contributed by atoms with E-state index in [2.05, 4.69) is 5.32 Å². The molecule has 0 aromatic heterocycles. The summed E-state index contributed by atoms with van der Waals surface area (Å²) in [5.41, 5.74) is 0. The lowest BCUT2D eigenvalue weighted by atomic mass is 10.3. The molecule has 76 valence electrons. The number of carboxylic acid groups (broad SMARTS) is 1. The van der Waals surface area contributed by atoms with Crippen LogP contribution in [0.4, 0.5) is 0 Å². The summed E-state index contributed by atoms with van der Waals surface area (Å²) < 4.78 is 0. The predicted molar refractivity (Wildman–Crippen MR) is 46.4 cm³/mol. The summed E-state index contributed by atoms with van der Waals surface area (Å²) >= 11 is 0. The van der Waals surface area contributed by atoms with Crippen LogP contribution in [0.2, 0.25) is 0 Å². The van der Waals surface area contributed by atoms with Crippen molar-refractivity contribution >= 4 is 17.8 Å². The number of piperazine rings is 1. The van der Waals surface area contributed by atoms with Crippen LogP contribution in [0.1, 0.15) is 0 Å². The lowest BCUT2D eigenvalue weighted by molar-refractivity contribution is -0.135. The molecule has 0 atom stereocenters. The fourth-order valence-corrected chi connectivity index (χ4v) is 1.07. The van der Waals surface area contributed by atoms with Gasteiger partial charge in [-0.3, -0.25) is 9.59 Å². The lowest BCUT2D eigenvalue weighted by Gasteiger charge is -2.25. The molecule has 0 spiro atoms. The number of carbonyl (C=O) groups excluding carboxylic acids is 2. The summed E-state index contributed by atoms with van der Waals surface area (Å²) in [5.74, 6) is -1.87. The van der Waals surface area contributed by atoms with Crippen LogP contribution in [0.3, 0.4) is 0 Å². The first kappa shape index (κ1) is 10.2. The summed E-state index contributed by atoms with van der Waals surface area (Å²) in [4.78, 5) is 33.5. The Bertz CT molecular complexity index is 298. The molecule has 1 aliphatic heterocycles. The van der Waals surface area contributed by atoms with Crippen molar-refractivity contribution < 1.29 is 19.5 Å². The Balaban J connectivity index is 2.51. The number of rotatable bonds is 2. The first-order valence-corrected chi connectivity index (χ1v) is 4.06. The minimum absolute atomic E-state index is 0.0111. The number of nitrogens with zero attached hydrogens (tertiary/aromatic N) is 1. The molecule has 1 heterocycles. The average Bonchev–Trinajstić information content (AvgIpc) is 2.14. The van der Waals surface area contributed by atoms with Crippen LogP contribution in [-0.4, -0.2) is 47.4 Å². The van der Waals surface area contributed by atoms with E-state index in [9.17, 15) is 14.4 Å². The maximum atomic E-state index is 11.2. The third kappa shape index (κ3) is 2.89. The van der Waals surface area contributed by atoms with E-state index in [1.807, 2.05) is 0 Å². The van der Waals surface area contributed by atoms with Gasteiger partial charge in [-0.05, 0) is 0 Å². The highest BCUT2D eigenvalue weighted by Gasteiger charge is 2.18. The number of carboxylic acids is 1. The molecule has 0 radical (unpaired) electrons. The summed E-state index contributed by atoms with van der Waals surface area (Å²) in [6, 6.07) is 0. The summed E-state index contributed by atoms with van der Waals surface area (Å²) in [5, 5.41) is 10.8. The van der Waals surface area contributed by atoms with Gasteiger partial charge in [0.2, 0.25) is 11.8 Å². The molecule has 0 bridgehead atoms. The molecule has 0 saturated carbocycles. The molecule has 2 N–H and O–H groups in total. The Morgan fingerprint density at radius 2 is 2.14 bits per heavy atom. The number of nitrogens with one attached hydrogen (secondary N) is 1. The van der Waals surface area contributed by atoms with Gasteiger partial charge in [0.05, 0.1) is 6.54 Å². The molecule has 1 rings (SSSR count). The Morgan fingerprint density at radius 1 is 1.43 bits per heavy atom. The molecule has 2 amide bonds. The Hall–Kier alpha value is -1.85. The molecular formula is C8H10N2O4. The topological polar surface area (TPSA) is 86.7 Å². The quantitative estimate of drug-likeness (QED) is 0.533. The van der Waals surface area contributed by atoms with Crippen LogP contribution in [0, 0.1) is 0 Å². The van der Waals surface area contributed by atoms with Crippen LogP contribution in [-0.2, 0) is 14.4 Å². The van der Waals surface area contributed by atoms with Gasteiger partial charge in [-0.2, -0.15) is 0 Å². The molecule has 1 saturated heterocycles. The zero-order valence-electron chi connectivity index (χ0n) is 7.40. The molecule has 0 aliphatic carbocycles. The fourth-order valence-electron chi connectivity index (χ4n) is 1.07. The van der Waals surface area contributed by atoms with Gasteiger partial charge in [0, 0.05) is 25.2 Å². The van der Waals surface area contributed by atoms with E-state index in [0.717, 1.165) is 12.2 Å². The monoisotopic (exact) mass is 198 g/mol. The first-order chi connectivity index (χ1) is 6.59. The van der Waals surface area contributed by atoms with Gasteiger partial charge in [-0.25, -0.2) is 4.79 Å². The Labute approximate surface area is 80.2 Å². The zero-order chi connectivity index (χ0) is 10.6. The van der Waals surface area contributed by atoms with E-state index >= 15 is 0 Å². The second-order valence-corrected chi connectivity index (χ2v) is 2.78. The SMILES string of the molecule is O=C(O)/C=C\C(=O)N1CCNC(=O)C1. The van der Waals surface area contributed by atoms with Crippen molar-refractivity contribution in [2.24, 2.45) is 0 Å². The number of carbonyl (C=O) groups is 3. The highest BCUT2D eigenvalue weighted by molar-refractivity contribution is 5.96. The van der Waals surface area contributed by atoms with Gasteiger partial charge in [0.15, 0.2) is 0 Å². The molecule has 0 unspecified atom stereocenters. The highest BCUT2D eigenvalue weighted by atomic mass is 16.4. The Morgan fingerprint density at radius 3 is 2.71 bits per heavy atom. The number of aliphatic carboxylic acids is 1. The van der Waals surface area contributed by atoms with Crippen molar-refractivity contribution in [2.45, 2.75) is 0 Å². The normalized spacial score (nSPS) is 16.9. The Kier molecular flexibility index (Phi) is 3.22. The van der Waals surface area contributed by atoms with Crippen LogP contribution in [0.15, 0.2) is 12.2 Å². The maximum Gasteiger partial charge on any atom is 0.328 e. The van der Waals surface area contributed by atoms with Crippen LogP contribution in [0.25, 0.3) is 0 Å². The van der Waals surface area contributed by atoms with E-state index < -0.39 is 11.9 Å². The minimum Gasteiger partial charge on any atom is -0.478 e. The lowest BCUT2D eigenvalue weighted by Crippen LogP contribution is -2.49. The number of hydrogen-bond acceptors (Lipinski definition) is 3. The smallest absolute Gasteiger partial charge is 0.328 e. The van der Waals surface area contributed by atoms with Gasteiger partial charge in [0.1, 0.15) is 0 Å². The van der Waals surface area contributed by atoms with Crippen LogP contribution >= 0.6 is 0 Å². The molecule has 6 heteroatoms.